The Kier molecular flexibility index (Phi) is 7.36. The van der Waals surface area contributed by atoms with E-state index in [1.807, 2.05) is 37.3 Å². The summed E-state index contributed by atoms with van der Waals surface area (Å²) in [5.74, 6) is 0.718. The summed E-state index contributed by atoms with van der Waals surface area (Å²) in [4.78, 5) is 11.8. The molecule has 0 spiro atoms. The van der Waals surface area contributed by atoms with Gasteiger partial charge in [-0.25, -0.2) is 0 Å². The summed E-state index contributed by atoms with van der Waals surface area (Å²) in [5, 5.41) is 5.97. The largest absolute Gasteiger partial charge is 0.489 e. The molecule has 1 aliphatic heterocycles. The number of rotatable bonds is 5. The highest BCUT2D eigenvalue weighted by Gasteiger charge is 2.21. The van der Waals surface area contributed by atoms with Crippen LogP contribution < -0.4 is 15.4 Å². The van der Waals surface area contributed by atoms with Gasteiger partial charge in [-0.1, -0.05) is 18.2 Å². The first-order valence-electron chi connectivity index (χ1n) is 6.57. The number of ether oxygens (including phenoxy) is 2. The van der Waals surface area contributed by atoms with E-state index in [1.165, 1.54) is 0 Å². The van der Waals surface area contributed by atoms with Gasteiger partial charge in [0.05, 0.1) is 13.2 Å². The molecule has 1 aromatic rings. The summed E-state index contributed by atoms with van der Waals surface area (Å²) >= 11 is 0. The van der Waals surface area contributed by atoms with Gasteiger partial charge in [-0.05, 0) is 19.1 Å². The van der Waals surface area contributed by atoms with Gasteiger partial charge in [0.2, 0.25) is 0 Å². The molecule has 1 aliphatic rings. The summed E-state index contributed by atoms with van der Waals surface area (Å²) in [5.41, 5.74) is 0. The minimum absolute atomic E-state index is 0. The van der Waals surface area contributed by atoms with Crippen LogP contribution in [0.2, 0.25) is 0 Å². The van der Waals surface area contributed by atoms with Crippen molar-refractivity contribution in [2.75, 3.05) is 26.2 Å². The molecular weight excluding hydrogens is 280 g/mol. The fourth-order valence-corrected chi connectivity index (χ4v) is 1.87. The Labute approximate surface area is 125 Å². The van der Waals surface area contributed by atoms with E-state index in [4.69, 9.17) is 9.47 Å². The van der Waals surface area contributed by atoms with Gasteiger partial charge >= 0.3 is 0 Å². The van der Waals surface area contributed by atoms with Crippen molar-refractivity contribution in [3.63, 3.8) is 0 Å². The van der Waals surface area contributed by atoms with E-state index < -0.39 is 6.10 Å². The van der Waals surface area contributed by atoms with E-state index in [9.17, 15) is 4.79 Å². The van der Waals surface area contributed by atoms with E-state index in [1.54, 1.807) is 0 Å². The number of halogens is 1. The number of amides is 1. The molecule has 0 saturated carbocycles. The normalized spacial score (nSPS) is 19.6. The lowest BCUT2D eigenvalue weighted by Crippen LogP contribution is -2.49. The third-order valence-corrected chi connectivity index (χ3v) is 2.86. The van der Waals surface area contributed by atoms with E-state index in [0.717, 1.165) is 12.3 Å². The summed E-state index contributed by atoms with van der Waals surface area (Å²) in [6, 6.07) is 9.57. The highest BCUT2D eigenvalue weighted by Crippen LogP contribution is 2.10. The van der Waals surface area contributed by atoms with E-state index in [2.05, 4.69) is 10.6 Å². The fraction of sp³-hybridized carbons (Fsp3) is 0.500. The van der Waals surface area contributed by atoms with Crippen LogP contribution in [0.1, 0.15) is 6.92 Å². The van der Waals surface area contributed by atoms with E-state index in [-0.39, 0.29) is 24.4 Å². The molecule has 6 heteroatoms. The van der Waals surface area contributed by atoms with Crippen LogP contribution in [-0.4, -0.2) is 44.4 Å². The molecule has 2 atom stereocenters. The lowest BCUT2D eigenvalue weighted by atomic mass is 10.2. The van der Waals surface area contributed by atoms with Gasteiger partial charge in [0, 0.05) is 13.1 Å². The first-order chi connectivity index (χ1) is 9.25. The van der Waals surface area contributed by atoms with Crippen molar-refractivity contribution in [1.82, 2.24) is 10.6 Å². The number of morpholine rings is 1. The van der Waals surface area contributed by atoms with Crippen LogP contribution in [0, 0.1) is 0 Å². The van der Waals surface area contributed by atoms with Crippen molar-refractivity contribution < 1.29 is 14.3 Å². The number of hydrogen-bond donors (Lipinski definition) is 2. The number of carbonyl (C=O) groups excluding carboxylic acids is 1. The molecule has 0 bridgehead atoms. The molecule has 1 heterocycles. The summed E-state index contributed by atoms with van der Waals surface area (Å²) in [6.45, 7) is 4.34. The third-order valence-electron chi connectivity index (χ3n) is 2.86. The summed E-state index contributed by atoms with van der Waals surface area (Å²) in [6.07, 6.45) is -0.472. The Balaban J connectivity index is 0.00000200. The first kappa shape index (κ1) is 16.8. The Morgan fingerprint density at radius 3 is 2.90 bits per heavy atom. The van der Waals surface area contributed by atoms with Crippen LogP contribution in [-0.2, 0) is 9.53 Å². The first-order valence-corrected chi connectivity index (χ1v) is 6.57. The third kappa shape index (κ3) is 5.36. The number of nitrogens with one attached hydrogen (secondary N) is 2. The average Bonchev–Trinajstić information content (AvgIpc) is 2.47. The van der Waals surface area contributed by atoms with Gasteiger partial charge in [-0.3, -0.25) is 4.79 Å². The molecule has 5 nitrogen and oxygen atoms in total. The van der Waals surface area contributed by atoms with Gasteiger partial charge in [0.15, 0.2) is 0 Å². The molecule has 1 fully saturated rings. The van der Waals surface area contributed by atoms with Crippen LogP contribution in [0.3, 0.4) is 0 Å². The van der Waals surface area contributed by atoms with Gasteiger partial charge in [-0.15, -0.1) is 12.4 Å². The molecular formula is C14H21ClN2O3. The molecule has 2 unspecified atom stereocenters. The molecule has 1 saturated heterocycles. The zero-order valence-electron chi connectivity index (χ0n) is 11.5. The highest BCUT2D eigenvalue weighted by molar-refractivity contribution is 5.85. The smallest absolute Gasteiger partial charge is 0.250 e. The monoisotopic (exact) mass is 300 g/mol. The molecule has 1 aromatic carbocycles. The number of hydrogen-bond acceptors (Lipinski definition) is 4. The molecule has 2 N–H and O–H groups in total. The summed E-state index contributed by atoms with van der Waals surface area (Å²) < 4.78 is 11.1. The van der Waals surface area contributed by atoms with E-state index in [0.29, 0.717) is 19.7 Å². The minimum Gasteiger partial charge on any atom is -0.489 e. The molecule has 0 aromatic heterocycles. The second-order valence-electron chi connectivity index (χ2n) is 4.55. The zero-order chi connectivity index (χ0) is 13.5. The lowest BCUT2D eigenvalue weighted by molar-refractivity contribution is -0.134. The maximum atomic E-state index is 11.8. The molecule has 20 heavy (non-hydrogen) atoms. The van der Waals surface area contributed by atoms with Crippen molar-refractivity contribution in [2.24, 2.45) is 0 Å². The number of benzene rings is 1. The Morgan fingerprint density at radius 1 is 1.50 bits per heavy atom. The van der Waals surface area contributed by atoms with Crippen molar-refractivity contribution in [1.29, 1.82) is 0 Å². The number of carbonyl (C=O) groups is 1. The Hall–Kier alpha value is -1.30. The van der Waals surface area contributed by atoms with Gasteiger partial charge in [0.25, 0.3) is 5.91 Å². The molecule has 1 amide bonds. The molecule has 0 radical (unpaired) electrons. The van der Waals surface area contributed by atoms with E-state index >= 15 is 0 Å². The molecule has 0 aliphatic carbocycles. The zero-order valence-corrected chi connectivity index (χ0v) is 12.3. The van der Waals surface area contributed by atoms with Crippen LogP contribution in [0.15, 0.2) is 30.3 Å². The SMILES string of the molecule is CC(CNC(=O)C1CNCCO1)Oc1ccccc1.Cl. The second-order valence-corrected chi connectivity index (χ2v) is 4.55. The standard InChI is InChI=1S/C14H20N2O3.ClH/c1-11(19-12-5-3-2-4-6-12)9-16-14(17)13-10-15-7-8-18-13;/h2-6,11,13,15H,7-10H2,1H3,(H,16,17);1H. The Bertz CT molecular complexity index is 397. The number of para-hydroxylation sites is 1. The maximum absolute atomic E-state index is 11.8. The Morgan fingerprint density at radius 2 is 2.25 bits per heavy atom. The fourth-order valence-electron chi connectivity index (χ4n) is 1.87. The maximum Gasteiger partial charge on any atom is 0.250 e. The predicted octanol–water partition coefficient (Wildman–Crippen LogP) is 0.980. The van der Waals surface area contributed by atoms with Crippen molar-refractivity contribution in [3.05, 3.63) is 30.3 Å². The van der Waals surface area contributed by atoms with Crippen molar-refractivity contribution >= 4 is 18.3 Å². The van der Waals surface area contributed by atoms with Crippen molar-refractivity contribution in [2.45, 2.75) is 19.1 Å². The van der Waals surface area contributed by atoms with Crippen LogP contribution in [0.4, 0.5) is 0 Å². The topological polar surface area (TPSA) is 59.6 Å². The van der Waals surface area contributed by atoms with Gasteiger partial charge in [-0.2, -0.15) is 0 Å². The quantitative estimate of drug-likeness (QED) is 0.851. The van der Waals surface area contributed by atoms with Crippen molar-refractivity contribution in [3.8, 4) is 5.75 Å². The highest BCUT2D eigenvalue weighted by atomic mass is 35.5. The lowest BCUT2D eigenvalue weighted by Gasteiger charge is -2.23. The summed E-state index contributed by atoms with van der Waals surface area (Å²) in [7, 11) is 0. The van der Waals surface area contributed by atoms with Crippen LogP contribution in [0.5, 0.6) is 5.75 Å². The van der Waals surface area contributed by atoms with Crippen LogP contribution >= 0.6 is 12.4 Å². The van der Waals surface area contributed by atoms with Gasteiger partial charge in [0.1, 0.15) is 18.0 Å². The molecule has 2 rings (SSSR count). The second kappa shape index (κ2) is 8.79. The molecule has 112 valence electrons. The minimum atomic E-state index is -0.391. The van der Waals surface area contributed by atoms with Gasteiger partial charge < -0.3 is 20.1 Å². The predicted molar refractivity (Wildman–Crippen MR) is 79.4 cm³/mol. The van der Waals surface area contributed by atoms with Crippen LogP contribution in [0.25, 0.3) is 0 Å². The average molecular weight is 301 g/mol.